The Kier molecular flexibility index (Phi) is 2.88. The summed E-state index contributed by atoms with van der Waals surface area (Å²) in [6, 6.07) is 6.93. The minimum atomic E-state index is -0.575. The van der Waals surface area contributed by atoms with Crippen molar-refractivity contribution in [2.75, 3.05) is 7.11 Å². The zero-order chi connectivity index (χ0) is 9.84. The van der Waals surface area contributed by atoms with Gasteiger partial charge in [-0.1, -0.05) is 12.1 Å². The topological polar surface area (TPSA) is 59.0 Å². The first-order chi connectivity index (χ1) is 6.19. The highest BCUT2D eigenvalue weighted by molar-refractivity contribution is 5.39. The summed E-state index contributed by atoms with van der Waals surface area (Å²) in [7, 11) is 1.60. The van der Waals surface area contributed by atoms with Crippen LogP contribution >= 0.6 is 0 Å². The molecule has 1 rings (SSSR count). The van der Waals surface area contributed by atoms with E-state index in [0.717, 1.165) is 16.9 Å². The van der Waals surface area contributed by atoms with Crippen molar-refractivity contribution in [1.29, 1.82) is 5.26 Å². The van der Waals surface area contributed by atoms with E-state index >= 15 is 0 Å². The summed E-state index contributed by atoms with van der Waals surface area (Å²) in [5, 5.41) is 8.61. The van der Waals surface area contributed by atoms with Crippen molar-refractivity contribution in [2.45, 2.75) is 13.0 Å². The highest BCUT2D eigenvalue weighted by atomic mass is 16.5. The van der Waals surface area contributed by atoms with Gasteiger partial charge in [0.15, 0.2) is 0 Å². The molecule has 3 nitrogen and oxygen atoms in total. The van der Waals surface area contributed by atoms with E-state index < -0.39 is 6.04 Å². The SMILES string of the molecule is COc1cc([C@@H](N)C#N)ccc1C. The van der Waals surface area contributed by atoms with Gasteiger partial charge in [0.25, 0.3) is 0 Å². The molecule has 0 aliphatic carbocycles. The second-order valence-electron chi connectivity index (χ2n) is 2.84. The van der Waals surface area contributed by atoms with Crippen LogP contribution in [-0.2, 0) is 0 Å². The summed E-state index contributed by atoms with van der Waals surface area (Å²) in [5.74, 6) is 0.767. The van der Waals surface area contributed by atoms with Gasteiger partial charge in [-0.05, 0) is 24.1 Å². The van der Waals surface area contributed by atoms with E-state index in [1.807, 2.05) is 25.1 Å². The number of rotatable bonds is 2. The Bertz CT molecular complexity index is 341. The molecule has 0 aromatic heterocycles. The highest BCUT2D eigenvalue weighted by Gasteiger charge is 2.06. The fourth-order valence-electron chi connectivity index (χ4n) is 1.10. The molecule has 0 bridgehead atoms. The smallest absolute Gasteiger partial charge is 0.122 e. The van der Waals surface area contributed by atoms with Crippen LogP contribution in [0.5, 0.6) is 5.75 Å². The van der Waals surface area contributed by atoms with Crippen molar-refractivity contribution in [2.24, 2.45) is 5.73 Å². The lowest BCUT2D eigenvalue weighted by Gasteiger charge is -2.08. The van der Waals surface area contributed by atoms with Crippen molar-refractivity contribution in [3.05, 3.63) is 29.3 Å². The quantitative estimate of drug-likeness (QED) is 0.743. The molecular formula is C10H12N2O. The van der Waals surface area contributed by atoms with Crippen molar-refractivity contribution >= 4 is 0 Å². The molecule has 3 heteroatoms. The fraction of sp³-hybridized carbons (Fsp3) is 0.300. The average molecular weight is 176 g/mol. The normalized spacial score (nSPS) is 11.8. The molecule has 0 fully saturated rings. The first-order valence-corrected chi connectivity index (χ1v) is 3.98. The average Bonchev–Trinajstić information content (AvgIpc) is 2.17. The van der Waals surface area contributed by atoms with Gasteiger partial charge < -0.3 is 10.5 Å². The second-order valence-corrected chi connectivity index (χ2v) is 2.84. The zero-order valence-electron chi connectivity index (χ0n) is 7.74. The molecule has 0 spiro atoms. The van der Waals surface area contributed by atoms with E-state index in [2.05, 4.69) is 0 Å². The summed E-state index contributed by atoms with van der Waals surface area (Å²) in [6.07, 6.45) is 0. The van der Waals surface area contributed by atoms with Gasteiger partial charge in [-0.2, -0.15) is 5.26 Å². The Morgan fingerprint density at radius 3 is 2.77 bits per heavy atom. The molecule has 0 saturated carbocycles. The second kappa shape index (κ2) is 3.92. The number of nitrogens with zero attached hydrogens (tertiary/aromatic N) is 1. The molecule has 0 amide bonds. The lowest BCUT2D eigenvalue weighted by Crippen LogP contribution is -2.07. The van der Waals surface area contributed by atoms with E-state index in [9.17, 15) is 0 Å². The number of ether oxygens (including phenoxy) is 1. The minimum absolute atomic E-state index is 0.575. The van der Waals surface area contributed by atoms with Crippen molar-refractivity contribution < 1.29 is 4.74 Å². The highest BCUT2D eigenvalue weighted by Crippen LogP contribution is 2.21. The van der Waals surface area contributed by atoms with Gasteiger partial charge >= 0.3 is 0 Å². The van der Waals surface area contributed by atoms with Crippen LogP contribution in [-0.4, -0.2) is 7.11 Å². The number of benzene rings is 1. The van der Waals surface area contributed by atoms with E-state index in [4.69, 9.17) is 15.7 Å². The molecule has 0 aliphatic heterocycles. The van der Waals surface area contributed by atoms with Crippen LogP contribution in [0.15, 0.2) is 18.2 Å². The van der Waals surface area contributed by atoms with Crippen LogP contribution in [0.3, 0.4) is 0 Å². The molecule has 0 radical (unpaired) electrons. The largest absolute Gasteiger partial charge is 0.496 e. The Labute approximate surface area is 77.7 Å². The van der Waals surface area contributed by atoms with Crippen molar-refractivity contribution in [3.63, 3.8) is 0 Å². The van der Waals surface area contributed by atoms with Gasteiger partial charge in [-0.25, -0.2) is 0 Å². The van der Waals surface area contributed by atoms with E-state index in [0.29, 0.717) is 0 Å². The van der Waals surface area contributed by atoms with Gasteiger partial charge in [0.2, 0.25) is 0 Å². The monoisotopic (exact) mass is 176 g/mol. The van der Waals surface area contributed by atoms with Crippen LogP contribution in [0.2, 0.25) is 0 Å². The fourth-order valence-corrected chi connectivity index (χ4v) is 1.10. The molecule has 68 valence electrons. The lowest BCUT2D eigenvalue weighted by molar-refractivity contribution is 0.411. The van der Waals surface area contributed by atoms with Crippen LogP contribution < -0.4 is 10.5 Å². The Hall–Kier alpha value is -1.53. The molecule has 1 atom stereocenters. The summed E-state index contributed by atoms with van der Waals surface area (Å²) in [6.45, 7) is 1.94. The Morgan fingerprint density at radius 2 is 2.23 bits per heavy atom. The van der Waals surface area contributed by atoms with E-state index in [1.54, 1.807) is 13.2 Å². The molecule has 0 heterocycles. The predicted octanol–water partition coefficient (Wildman–Crippen LogP) is 1.53. The number of nitriles is 1. The van der Waals surface area contributed by atoms with Gasteiger partial charge in [-0.15, -0.1) is 0 Å². The predicted molar refractivity (Wildman–Crippen MR) is 50.3 cm³/mol. The summed E-state index contributed by atoms with van der Waals surface area (Å²) in [5.41, 5.74) is 7.37. The number of hydrogen-bond donors (Lipinski definition) is 1. The van der Waals surface area contributed by atoms with Gasteiger partial charge in [-0.3, -0.25) is 0 Å². The molecule has 0 saturated heterocycles. The minimum Gasteiger partial charge on any atom is -0.496 e. The summed E-state index contributed by atoms with van der Waals surface area (Å²) in [4.78, 5) is 0. The molecule has 1 aromatic rings. The standard InChI is InChI=1S/C10H12N2O/c1-7-3-4-8(9(12)6-11)5-10(7)13-2/h3-5,9H,12H2,1-2H3/t9-/m0/s1. The number of nitrogens with two attached hydrogens (primary N) is 1. The Morgan fingerprint density at radius 1 is 1.54 bits per heavy atom. The molecule has 13 heavy (non-hydrogen) atoms. The van der Waals surface area contributed by atoms with Crippen LogP contribution in [0.25, 0.3) is 0 Å². The number of methoxy groups -OCH3 is 1. The van der Waals surface area contributed by atoms with Gasteiger partial charge in [0.1, 0.15) is 11.8 Å². The third-order valence-electron chi connectivity index (χ3n) is 1.93. The van der Waals surface area contributed by atoms with E-state index in [-0.39, 0.29) is 0 Å². The van der Waals surface area contributed by atoms with Crippen molar-refractivity contribution in [3.8, 4) is 11.8 Å². The van der Waals surface area contributed by atoms with Crippen LogP contribution in [0.4, 0.5) is 0 Å². The summed E-state index contributed by atoms with van der Waals surface area (Å²) >= 11 is 0. The molecular weight excluding hydrogens is 164 g/mol. The van der Waals surface area contributed by atoms with E-state index in [1.165, 1.54) is 0 Å². The molecule has 1 aromatic carbocycles. The maximum Gasteiger partial charge on any atom is 0.122 e. The van der Waals surface area contributed by atoms with Crippen molar-refractivity contribution in [1.82, 2.24) is 0 Å². The van der Waals surface area contributed by atoms with Gasteiger partial charge in [0, 0.05) is 0 Å². The maximum atomic E-state index is 8.61. The molecule has 0 unspecified atom stereocenters. The third kappa shape index (κ3) is 1.98. The van der Waals surface area contributed by atoms with Gasteiger partial charge in [0.05, 0.1) is 13.2 Å². The maximum absolute atomic E-state index is 8.61. The number of hydrogen-bond acceptors (Lipinski definition) is 3. The molecule has 0 aliphatic rings. The summed E-state index contributed by atoms with van der Waals surface area (Å²) < 4.78 is 5.12. The Balaban J connectivity index is 3.08. The van der Waals surface area contributed by atoms with Crippen LogP contribution in [0.1, 0.15) is 17.2 Å². The third-order valence-corrected chi connectivity index (χ3v) is 1.93. The lowest BCUT2D eigenvalue weighted by atomic mass is 10.1. The first kappa shape index (κ1) is 9.56. The molecule has 2 N–H and O–H groups in total. The van der Waals surface area contributed by atoms with Crippen LogP contribution in [0, 0.1) is 18.3 Å². The first-order valence-electron chi connectivity index (χ1n) is 3.98. The number of aryl methyl sites for hydroxylation is 1. The zero-order valence-corrected chi connectivity index (χ0v) is 7.74.